The molecule has 0 atom stereocenters. The van der Waals surface area contributed by atoms with Gasteiger partial charge in [-0.3, -0.25) is 9.78 Å². The van der Waals surface area contributed by atoms with Gasteiger partial charge in [0.1, 0.15) is 0 Å². The van der Waals surface area contributed by atoms with Crippen molar-refractivity contribution in [3.8, 4) is 0 Å². The maximum Gasteiger partial charge on any atom is 0.239 e. The highest BCUT2D eigenvalue weighted by Crippen LogP contribution is 2.27. The second kappa shape index (κ2) is 6.23. The lowest BCUT2D eigenvalue weighted by Crippen LogP contribution is -2.35. The summed E-state index contributed by atoms with van der Waals surface area (Å²) >= 11 is 0. The number of aromatic nitrogens is 1. The van der Waals surface area contributed by atoms with Gasteiger partial charge in [0.25, 0.3) is 0 Å². The molecule has 0 saturated heterocycles. The standard InChI is InChI=1S/C15H20N4O/c1-3-8-17-14(20)10-19(2)13-7-9-18-15-11(13)5-4-6-12(15)16/h4-7,9H,3,8,10,16H2,1-2H3,(H,17,20). The molecule has 2 aromatic rings. The highest BCUT2D eigenvalue weighted by Gasteiger charge is 2.11. The molecule has 0 aliphatic rings. The first-order chi connectivity index (χ1) is 9.63. The summed E-state index contributed by atoms with van der Waals surface area (Å²) in [4.78, 5) is 18.0. The Labute approximate surface area is 118 Å². The Hall–Kier alpha value is -2.30. The van der Waals surface area contributed by atoms with E-state index in [2.05, 4.69) is 10.3 Å². The molecule has 0 aliphatic heterocycles. The number of nitrogens with two attached hydrogens (primary N) is 1. The summed E-state index contributed by atoms with van der Waals surface area (Å²) < 4.78 is 0. The van der Waals surface area contributed by atoms with Gasteiger partial charge in [-0.05, 0) is 18.6 Å². The highest BCUT2D eigenvalue weighted by molar-refractivity contribution is 5.98. The minimum absolute atomic E-state index is 0.0169. The van der Waals surface area contributed by atoms with E-state index >= 15 is 0 Å². The molecule has 106 valence electrons. The van der Waals surface area contributed by atoms with Crippen LogP contribution in [0.2, 0.25) is 0 Å². The molecule has 1 aromatic heterocycles. The van der Waals surface area contributed by atoms with Crippen LogP contribution in [0.3, 0.4) is 0 Å². The molecule has 0 fully saturated rings. The molecule has 0 unspecified atom stereocenters. The Kier molecular flexibility index (Phi) is 4.40. The first kappa shape index (κ1) is 14.1. The molecule has 5 nitrogen and oxygen atoms in total. The fourth-order valence-electron chi connectivity index (χ4n) is 2.14. The predicted octanol–water partition coefficient (Wildman–Crippen LogP) is 1.78. The summed E-state index contributed by atoms with van der Waals surface area (Å²) in [7, 11) is 1.89. The number of hydrogen-bond donors (Lipinski definition) is 2. The second-order valence-corrected chi connectivity index (χ2v) is 4.78. The van der Waals surface area contributed by atoms with Crippen LogP contribution in [0, 0.1) is 0 Å². The maximum absolute atomic E-state index is 11.8. The van der Waals surface area contributed by atoms with Crippen molar-refractivity contribution >= 4 is 28.2 Å². The Morgan fingerprint density at radius 1 is 1.40 bits per heavy atom. The zero-order valence-electron chi connectivity index (χ0n) is 11.9. The quantitative estimate of drug-likeness (QED) is 0.814. The topological polar surface area (TPSA) is 71.2 Å². The molecule has 5 heteroatoms. The van der Waals surface area contributed by atoms with Crippen LogP contribution in [0.15, 0.2) is 30.5 Å². The van der Waals surface area contributed by atoms with Gasteiger partial charge in [-0.2, -0.15) is 0 Å². The maximum atomic E-state index is 11.8. The van der Waals surface area contributed by atoms with E-state index in [1.54, 1.807) is 6.20 Å². The van der Waals surface area contributed by atoms with E-state index in [0.717, 1.165) is 23.0 Å². The number of rotatable bonds is 5. The number of hydrogen-bond acceptors (Lipinski definition) is 4. The third kappa shape index (κ3) is 2.99. The summed E-state index contributed by atoms with van der Waals surface area (Å²) in [5, 5.41) is 3.83. The van der Waals surface area contributed by atoms with Gasteiger partial charge in [-0.1, -0.05) is 19.1 Å². The number of amides is 1. The van der Waals surface area contributed by atoms with Gasteiger partial charge in [-0.15, -0.1) is 0 Å². The molecule has 2 rings (SSSR count). The molecule has 0 spiro atoms. The van der Waals surface area contributed by atoms with E-state index in [1.807, 2.05) is 43.1 Å². The number of nitrogens with one attached hydrogen (secondary N) is 1. The van der Waals surface area contributed by atoms with Crippen LogP contribution in [-0.2, 0) is 4.79 Å². The van der Waals surface area contributed by atoms with Gasteiger partial charge in [-0.25, -0.2) is 0 Å². The average molecular weight is 272 g/mol. The molecular weight excluding hydrogens is 252 g/mol. The Balaban J connectivity index is 2.24. The number of para-hydroxylation sites is 1. The molecular formula is C15H20N4O. The third-order valence-corrected chi connectivity index (χ3v) is 3.14. The van der Waals surface area contributed by atoms with Crippen LogP contribution in [-0.4, -0.2) is 31.0 Å². The number of nitrogens with zero attached hydrogens (tertiary/aromatic N) is 2. The Bertz CT molecular complexity index is 612. The first-order valence-corrected chi connectivity index (χ1v) is 6.74. The number of likely N-dealkylation sites (N-methyl/N-ethyl adjacent to an activating group) is 1. The molecule has 0 aliphatic carbocycles. The summed E-state index contributed by atoms with van der Waals surface area (Å²) in [5.74, 6) is 0.0169. The van der Waals surface area contributed by atoms with E-state index in [0.29, 0.717) is 18.8 Å². The van der Waals surface area contributed by atoms with Gasteiger partial charge in [0.15, 0.2) is 0 Å². The van der Waals surface area contributed by atoms with Gasteiger partial charge in [0.2, 0.25) is 5.91 Å². The lowest BCUT2D eigenvalue weighted by atomic mass is 10.1. The van der Waals surface area contributed by atoms with E-state index < -0.39 is 0 Å². The van der Waals surface area contributed by atoms with Crippen molar-refractivity contribution in [1.29, 1.82) is 0 Å². The average Bonchev–Trinajstić information content (AvgIpc) is 2.45. The van der Waals surface area contributed by atoms with Gasteiger partial charge in [0, 0.05) is 30.9 Å². The lowest BCUT2D eigenvalue weighted by Gasteiger charge is -2.20. The van der Waals surface area contributed by atoms with Gasteiger partial charge < -0.3 is 16.0 Å². The van der Waals surface area contributed by atoms with Crippen LogP contribution in [0.4, 0.5) is 11.4 Å². The monoisotopic (exact) mass is 272 g/mol. The number of carbonyl (C=O) groups excluding carboxylic acids is 1. The van der Waals surface area contributed by atoms with Crippen LogP contribution in [0.1, 0.15) is 13.3 Å². The number of fused-ring (bicyclic) bond motifs is 1. The van der Waals surface area contributed by atoms with Crippen LogP contribution in [0.5, 0.6) is 0 Å². The van der Waals surface area contributed by atoms with Crippen LogP contribution < -0.4 is 16.0 Å². The summed E-state index contributed by atoms with van der Waals surface area (Å²) in [6.07, 6.45) is 2.65. The predicted molar refractivity (Wildman–Crippen MR) is 82.7 cm³/mol. The minimum atomic E-state index is 0.0169. The highest BCUT2D eigenvalue weighted by atomic mass is 16.2. The van der Waals surface area contributed by atoms with Gasteiger partial charge >= 0.3 is 0 Å². The molecule has 0 saturated carbocycles. The Morgan fingerprint density at radius 3 is 2.95 bits per heavy atom. The fraction of sp³-hybridized carbons (Fsp3) is 0.333. The molecule has 0 radical (unpaired) electrons. The summed E-state index contributed by atoms with van der Waals surface area (Å²) in [5.41, 5.74) is 8.30. The SMILES string of the molecule is CCCNC(=O)CN(C)c1ccnc2c(N)cccc12. The molecule has 20 heavy (non-hydrogen) atoms. The third-order valence-electron chi connectivity index (χ3n) is 3.14. The van der Waals surface area contributed by atoms with E-state index in [-0.39, 0.29) is 5.91 Å². The smallest absolute Gasteiger partial charge is 0.239 e. The largest absolute Gasteiger partial charge is 0.397 e. The molecule has 1 heterocycles. The minimum Gasteiger partial charge on any atom is -0.397 e. The number of carbonyl (C=O) groups is 1. The van der Waals surface area contributed by atoms with Crippen molar-refractivity contribution in [2.45, 2.75) is 13.3 Å². The van der Waals surface area contributed by atoms with E-state index in [9.17, 15) is 4.79 Å². The summed E-state index contributed by atoms with van der Waals surface area (Å²) in [6, 6.07) is 7.59. The normalized spacial score (nSPS) is 10.5. The Morgan fingerprint density at radius 2 is 2.20 bits per heavy atom. The van der Waals surface area contributed by atoms with Crippen LogP contribution >= 0.6 is 0 Å². The second-order valence-electron chi connectivity index (χ2n) is 4.78. The van der Waals surface area contributed by atoms with Crippen molar-refractivity contribution in [3.05, 3.63) is 30.5 Å². The lowest BCUT2D eigenvalue weighted by molar-refractivity contribution is -0.119. The van der Waals surface area contributed by atoms with Gasteiger partial charge in [0.05, 0.1) is 17.7 Å². The van der Waals surface area contributed by atoms with Crippen molar-refractivity contribution in [3.63, 3.8) is 0 Å². The fourth-order valence-corrected chi connectivity index (χ4v) is 2.14. The first-order valence-electron chi connectivity index (χ1n) is 6.74. The van der Waals surface area contributed by atoms with E-state index in [4.69, 9.17) is 5.73 Å². The zero-order chi connectivity index (χ0) is 14.5. The number of benzene rings is 1. The number of anilines is 2. The van der Waals surface area contributed by atoms with Crippen molar-refractivity contribution in [2.75, 3.05) is 30.8 Å². The summed E-state index contributed by atoms with van der Waals surface area (Å²) in [6.45, 7) is 3.05. The van der Waals surface area contributed by atoms with E-state index in [1.165, 1.54) is 0 Å². The number of pyridine rings is 1. The van der Waals surface area contributed by atoms with Crippen LogP contribution in [0.25, 0.3) is 10.9 Å². The van der Waals surface area contributed by atoms with Crippen molar-refractivity contribution in [2.24, 2.45) is 0 Å². The van der Waals surface area contributed by atoms with Crippen molar-refractivity contribution in [1.82, 2.24) is 10.3 Å². The van der Waals surface area contributed by atoms with Crippen molar-refractivity contribution < 1.29 is 4.79 Å². The molecule has 0 bridgehead atoms. The molecule has 1 amide bonds. The zero-order valence-corrected chi connectivity index (χ0v) is 11.9. The molecule has 3 N–H and O–H groups in total. The number of nitrogen functional groups attached to an aromatic ring is 1. The molecule has 1 aromatic carbocycles.